The number of likely N-dealkylation sites (N-methyl/N-ethyl adjacent to an activating group) is 1. The van der Waals surface area contributed by atoms with Crippen molar-refractivity contribution in [3.05, 3.63) is 0 Å². The lowest BCUT2D eigenvalue weighted by Gasteiger charge is -2.35. The summed E-state index contributed by atoms with van der Waals surface area (Å²) in [6, 6.07) is 0.0346. The monoisotopic (exact) mass is 256 g/mol. The van der Waals surface area contributed by atoms with Gasteiger partial charge in [0.1, 0.15) is 0 Å². The fraction of sp³-hybridized carbons (Fsp3) is 0.923. The number of hydrogen-bond donors (Lipinski definition) is 1. The Hall–Kier alpha value is -0.650. The Labute approximate surface area is 109 Å². The van der Waals surface area contributed by atoms with Crippen LogP contribution in [-0.2, 0) is 14.3 Å². The molecule has 0 aromatic rings. The highest BCUT2D eigenvalue weighted by Crippen LogP contribution is 2.19. The van der Waals surface area contributed by atoms with Crippen molar-refractivity contribution in [3.63, 3.8) is 0 Å². The van der Waals surface area contributed by atoms with Crippen LogP contribution in [0.5, 0.6) is 0 Å². The van der Waals surface area contributed by atoms with Crippen LogP contribution in [-0.4, -0.2) is 56.5 Å². The maximum absolute atomic E-state index is 11.8. The number of carbonyl (C=O) groups is 1. The summed E-state index contributed by atoms with van der Waals surface area (Å²) >= 11 is 0. The smallest absolute Gasteiger partial charge is 0.237 e. The molecule has 18 heavy (non-hydrogen) atoms. The maximum atomic E-state index is 11.8. The third-order valence-corrected chi connectivity index (χ3v) is 3.71. The van der Waals surface area contributed by atoms with Crippen molar-refractivity contribution >= 4 is 5.91 Å². The molecule has 1 amide bonds. The summed E-state index contributed by atoms with van der Waals surface area (Å²) in [6.07, 6.45) is 5.05. The van der Waals surface area contributed by atoms with Gasteiger partial charge in [-0.05, 0) is 25.8 Å². The minimum atomic E-state index is -0.0778. The fourth-order valence-corrected chi connectivity index (χ4v) is 2.70. The maximum Gasteiger partial charge on any atom is 0.237 e. The second kappa shape index (κ2) is 7.07. The number of likely N-dealkylation sites (tertiary alicyclic amines) is 1. The second-order valence-electron chi connectivity index (χ2n) is 4.98. The largest absolute Gasteiger partial charge is 0.358 e. The molecule has 2 saturated heterocycles. The van der Waals surface area contributed by atoms with E-state index in [-0.39, 0.29) is 18.2 Å². The Morgan fingerprint density at radius 2 is 2.06 bits per heavy atom. The van der Waals surface area contributed by atoms with Crippen LogP contribution >= 0.6 is 0 Å². The van der Waals surface area contributed by atoms with E-state index < -0.39 is 0 Å². The van der Waals surface area contributed by atoms with Crippen molar-refractivity contribution < 1.29 is 14.3 Å². The number of carbonyl (C=O) groups excluding carboxylic acids is 1. The molecule has 0 aromatic heterocycles. The molecule has 0 spiro atoms. The number of ether oxygens (including phenoxy) is 2. The standard InChI is InChI=1S/C13H24N2O3/c1-14-13(16)11-5-2-3-7-15(11)8-6-12-17-9-4-10-18-12/h11-12H,2-10H2,1H3,(H,14,16). The van der Waals surface area contributed by atoms with Gasteiger partial charge in [0.2, 0.25) is 5.91 Å². The molecule has 5 heteroatoms. The molecular weight excluding hydrogens is 232 g/mol. The molecule has 0 radical (unpaired) electrons. The minimum Gasteiger partial charge on any atom is -0.358 e. The SMILES string of the molecule is CNC(=O)C1CCCCN1CCC1OCCCO1. The van der Waals surface area contributed by atoms with Crippen molar-refractivity contribution in [2.75, 3.05) is 33.4 Å². The molecule has 2 aliphatic rings. The van der Waals surface area contributed by atoms with Gasteiger partial charge in [0.25, 0.3) is 0 Å². The highest BCUT2D eigenvalue weighted by atomic mass is 16.7. The average Bonchev–Trinajstić information content (AvgIpc) is 2.45. The molecule has 2 aliphatic heterocycles. The van der Waals surface area contributed by atoms with Crippen LogP contribution in [0, 0.1) is 0 Å². The van der Waals surface area contributed by atoms with Crippen LogP contribution in [0.15, 0.2) is 0 Å². The summed E-state index contributed by atoms with van der Waals surface area (Å²) in [4.78, 5) is 14.1. The van der Waals surface area contributed by atoms with E-state index in [0.717, 1.165) is 52.0 Å². The van der Waals surface area contributed by atoms with E-state index in [1.165, 1.54) is 6.42 Å². The summed E-state index contributed by atoms with van der Waals surface area (Å²) in [5.74, 6) is 0.139. The van der Waals surface area contributed by atoms with Crippen molar-refractivity contribution in [1.29, 1.82) is 0 Å². The molecule has 0 aromatic carbocycles. The lowest BCUT2D eigenvalue weighted by molar-refractivity contribution is -0.183. The van der Waals surface area contributed by atoms with E-state index in [1.54, 1.807) is 7.05 Å². The molecule has 0 bridgehead atoms. The van der Waals surface area contributed by atoms with Gasteiger partial charge in [-0.25, -0.2) is 0 Å². The van der Waals surface area contributed by atoms with Crippen molar-refractivity contribution in [2.45, 2.75) is 44.4 Å². The molecule has 5 nitrogen and oxygen atoms in total. The molecule has 2 heterocycles. The van der Waals surface area contributed by atoms with Gasteiger partial charge in [0.05, 0.1) is 19.3 Å². The summed E-state index contributed by atoms with van der Waals surface area (Å²) in [5.41, 5.74) is 0. The molecule has 1 unspecified atom stereocenters. The van der Waals surface area contributed by atoms with Gasteiger partial charge in [-0.1, -0.05) is 6.42 Å². The number of amides is 1. The van der Waals surface area contributed by atoms with Crippen LogP contribution in [0.2, 0.25) is 0 Å². The summed E-state index contributed by atoms with van der Waals surface area (Å²) < 4.78 is 11.1. The Morgan fingerprint density at radius 3 is 2.78 bits per heavy atom. The lowest BCUT2D eigenvalue weighted by Crippen LogP contribution is -2.49. The highest BCUT2D eigenvalue weighted by molar-refractivity contribution is 5.81. The van der Waals surface area contributed by atoms with Crippen LogP contribution in [0.1, 0.15) is 32.1 Å². The number of nitrogens with zero attached hydrogens (tertiary/aromatic N) is 1. The van der Waals surface area contributed by atoms with Crippen LogP contribution in [0.4, 0.5) is 0 Å². The quantitative estimate of drug-likeness (QED) is 0.806. The number of nitrogens with one attached hydrogen (secondary N) is 1. The Morgan fingerprint density at radius 1 is 1.28 bits per heavy atom. The number of rotatable bonds is 4. The zero-order chi connectivity index (χ0) is 12.8. The molecule has 2 rings (SSSR count). The molecule has 104 valence electrons. The third kappa shape index (κ3) is 3.67. The Bertz CT molecular complexity index is 267. The molecule has 0 aliphatic carbocycles. The van der Waals surface area contributed by atoms with Gasteiger partial charge in [0, 0.05) is 20.0 Å². The van der Waals surface area contributed by atoms with E-state index in [2.05, 4.69) is 10.2 Å². The van der Waals surface area contributed by atoms with Gasteiger partial charge in [-0.3, -0.25) is 9.69 Å². The lowest BCUT2D eigenvalue weighted by atomic mass is 10.0. The van der Waals surface area contributed by atoms with E-state index >= 15 is 0 Å². The van der Waals surface area contributed by atoms with Gasteiger partial charge >= 0.3 is 0 Å². The number of hydrogen-bond acceptors (Lipinski definition) is 4. The van der Waals surface area contributed by atoms with Gasteiger partial charge in [-0.2, -0.15) is 0 Å². The first-order chi connectivity index (χ1) is 8.81. The molecule has 0 saturated carbocycles. The second-order valence-corrected chi connectivity index (χ2v) is 4.98. The highest BCUT2D eigenvalue weighted by Gasteiger charge is 2.28. The summed E-state index contributed by atoms with van der Waals surface area (Å²) in [6.45, 7) is 3.47. The van der Waals surface area contributed by atoms with Gasteiger partial charge in [0.15, 0.2) is 6.29 Å². The van der Waals surface area contributed by atoms with Crippen molar-refractivity contribution in [2.24, 2.45) is 0 Å². The molecular formula is C13H24N2O3. The first-order valence-corrected chi connectivity index (χ1v) is 7.00. The first-order valence-electron chi connectivity index (χ1n) is 7.00. The Balaban J connectivity index is 1.79. The van der Waals surface area contributed by atoms with E-state index in [9.17, 15) is 4.79 Å². The summed E-state index contributed by atoms with van der Waals surface area (Å²) in [5, 5.41) is 2.76. The van der Waals surface area contributed by atoms with Crippen LogP contribution < -0.4 is 5.32 Å². The fourth-order valence-electron chi connectivity index (χ4n) is 2.70. The zero-order valence-corrected chi connectivity index (χ0v) is 11.2. The van der Waals surface area contributed by atoms with E-state index in [0.29, 0.717) is 0 Å². The third-order valence-electron chi connectivity index (χ3n) is 3.71. The molecule has 1 atom stereocenters. The molecule has 2 fully saturated rings. The summed E-state index contributed by atoms with van der Waals surface area (Å²) in [7, 11) is 1.71. The normalized spacial score (nSPS) is 27.1. The average molecular weight is 256 g/mol. The van der Waals surface area contributed by atoms with E-state index in [4.69, 9.17) is 9.47 Å². The Kier molecular flexibility index (Phi) is 5.41. The van der Waals surface area contributed by atoms with Crippen molar-refractivity contribution in [3.8, 4) is 0 Å². The minimum absolute atomic E-state index is 0.0346. The predicted octanol–water partition coefficient (Wildman–Crippen LogP) is 0.740. The van der Waals surface area contributed by atoms with Crippen LogP contribution in [0.25, 0.3) is 0 Å². The molecule has 1 N–H and O–H groups in total. The topological polar surface area (TPSA) is 50.8 Å². The van der Waals surface area contributed by atoms with Gasteiger partial charge < -0.3 is 14.8 Å². The van der Waals surface area contributed by atoms with Gasteiger partial charge in [-0.15, -0.1) is 0 Å². The number of piperidine rings is 1. The van der Waals surface area contributed by atoms with Crippen molar-refractivity contribution in [1.82, 2.24) is 10.2 Å². The van der Waals surface area contributed by atoms with E-state index in [1.807, 2.05) is 0 Å². The first kappa shape index (κ1) is 13.8. The van der Waals surface area contributed by atoms with Crippen LogP contribution in [0.3, 0.4) is 0 Å². The predicted molar refractivity (Wildman–Crippen MR) is 68.2 cm³/mol. The zero-order valence-electron chi connectivity index (χ0n) is 11.2.